The monoisotopic (exact) mass is 394 g/mol. The first-order valence-electron chi connectivity index (χ1n) is 8.80. The second-order valence-corrected chi connectivity index (χ2v) is 7.48. The minimum Gasteiger partial charge on any atom is -0.744 e. The molecule has 0 saturated carbocycles. The van der Waals surface area contributed by atoms with E-state index in [4.69, 9.17) is 9.84 Å². The normalized spacial score (nSPS) is 11.0. The van der Waals surface area contributed by atoms with Crippen molar-refractivity contribution in [3.63, 3.8) is 0 Å². The molecular weight excluding hydrogens is 367 g/mol. The van der Waals surface area contributed by atoms with E-state index in [9.17, 15) is 17.8 Å². The van der Waals surface area contributed by atoms with E-state index in [1.54, 1.807) is 0 Å². The Hall–Kier alpha value is -0.600. The molecule has 0 fully saturated rings. The molecule has 1 aromatic rings. The fraction of sp³-hybridized carbons (Fsp3) is 0.611. The SMILES string of the molecule is O=C(O)CCCCCCCCCCCOc1ccc(S(=O)(=O)[O-])cc1.[Na+]. The first-order valence-corrected chi connectivity index (χ1v) is 10.2. The molecule has 1 rings (SSSR count). The first-order chi connectivity index (χ1) is 11.9. The molecule has 0 spiro atoms. The van der Waals surface area contributed by atoms with Gasteiger partial charge >= 0.3 is 35.5 Å². The Kier molecular flexibility index (Phi) is 14.1. The number of hydrogen-bond donors (Lipinski definition) is 1. The van der Waals surface area contributed by atoms with Crippen molar-refractivity contribution >= 4 is 16.1 Å². The summed E-state index contributed by atoms with van der Waals surface area (Å²) in [6.07, 6.45) is 9.80. The maximum Gasteiger partial charge on any atom is 1.00 e. The van der Waals surface area contributed by atoms with E-state index >= 15 is 0 Å². The zero-order valence-electron chi connectivity index (χ0n) is 15.5. The predicted molar refractivity (Wildman–Crippen MR) is 93.7 cm³/mol. The molecule has 0 saturated heterocycles. The Bertz CT molecular complexity index is 601. The number of hydrogen-bond acceptors (Lipinski definition) is 5. The van der Waals surface area contributed by atoms with Gasteiger partial charge in [-0.2, -0.15) is 0 Å². The maximum absolute atomic E-state index is 10.8. The Labute approximate surface area is 178 Å². The second-order valence-electron chi connectivity index (χ2n) is 6.10. The first kappa shape index (κ1) is 25.4. The van der Waals surface area contributed by atoms with Crippen molar-refractivity contribution in [2.24, 2.45) is 0 Å². The summed E-state index contributed by atoms with van der Waals surface area (Å²) < 4.78 is 38.0. The number of ether oxygens (including phenoxy) is 1. The summed E-state index contributed by atoms with van der Waals surface area (Å²) in [5, 5.41) is 8.53. The van der Waals surface area contributed by atoms with Crippen LogP contribution < -0.4 is 34.3 Å². The van der Waals surface area contributed by atoms with Gasteiger partial charge in [0.1, 0.15) is 15.9 Å². The number of carboxylic acid groups (broad SMARTS) is 1. The molecule has 0 aliphatic carbocycles. The summed E-state index contributed by atoms with van der Waals surface area (Å²) in [7, 11) is -4.40. The van der Waals surface area contributed by atoms with Gasteiger partial charge in [0, 0.05) is 6.42 Å². The summed E-state index contributed by atoms with van der Waals surface area (Å²) in [5.41, 5.74) is 0. The molecule has 0 amide bonds. The van der Waals surface area contributed by atoms with Crippen LogP contribution in [0.25, 0.3) is 0 Å². The van der Waals surface area contributed by atoms with Crippen molar-refractivity contribution in [1.82, 2.24) is 0 Å². The molecule has 142 valence electrons. The van der Waals surface area contributed by atoms with Crippen LogP contribution in [0.5, 0.6) is 5.75 Å². The molecule has 1 aromatic carbocycles. The molecule has 1 N–H and O–H groups in total. The van der Waals surface area contributed by atoms with E-state index in [0.717, 1.165) is 44.9 Å². The number of rotatable bonds is 14. The molecule has 0 aliphatic rings. The van der Waals surface area contributed by atoms with Gasteiger partial charge in [0.2, 0.25) is 0 Å². The van der Waals surface area contributed by atoms with Gasteiger partial charge in [-0.25, -0.2) is 8.42 Å². The molecule has 0 unspecified atom stereocenters. The van der Waals surface area contributed by atoms with Crippen LogP contribution in [0.3, 0.4) is 0 Å². The second kappa shape index (κ2) is 14.5. The number of aliphatic carboxylic acids is 1. The van der Waals surface area contributed by atoms with Crippen molar-refractivity contribution < 1.29 is 57.2 Å². The number of unbranched alkanes of at least 4 members (excludes halogenated alkanes) is 8. The predicted octanol–water partition coefficient (Wildman–Crippen LogP) is 0.959. The molecule has 0 aliphatic heterocycles. The molecular formula is C18H27NaO6S. The van der Waals surface area contributed by atoms with Crippen molar-refractivity contribution in [1.29, 1.82) is 0 Å². The Morgan fingerprint density at radius 2 is 1.35 bits per heavy atom. The smallest absolute Gasteiger partial charge is 0.744 e. The Balaban J connectivity index is 0.00000625. The van der Waals surface area contributed by atoms with Crippen LogP contribution >= 0.6 is 0 Å². The van der Waals surface area contributed by atoms with Crippen molar-refractivity contribution in [3.8, 4) is 5.75 Å². The largest absolute Gasteiger partial charge is 1.00 e. The van der Waals surface area contributed by atoms with E-state index in [-0.39, 0.29) is 40.9 Å². The fourth-order valence-electron chi connectivity index (χ4n) is 2.51. The molecule has 0 aromatic heterocycles. The van der Waals surface area contributed by atoms with E-state index in [2.05, 4.69) is 0 Å². The average molecular weight is 394 g/mol. The van der Waals surface area contributed by atoms with Crippen LogP contribution in [0, 0.1) is 0 Å². The summed E-state index contributed by atoms with van der Waals surface area (Å²) in [6, 6.07) is 5.51. The molecule has 26 heavy (non-hydrogen) atoms. The molecule has 6 nitrogen and oxygen atoms in total. The Morgan fingerprint density at radius 3 is 1.81 bits per heavy atom. The topological polar surface area (TPSA) is 104 Å². The minimum atomic E-state index is -4.40. The molecule has 0 radical (unpaired) electrons. The molecule has 0 heterocycles. The maximum atomic E-state index is 10.8. The molecule has 8 heteroatoms. The number of carboxylic acids is 1. The average Bonchev–Trinajstić information content (AvgIpc) is 2.55. The van der Waals surface area contributed by atoms with Crippen LogP contribution in [-0.2, 0) is 14.9 Å². The molecule has 0 bridgehead atoms. The number of carbonyl (C=O) groups is 1. The quantitative estimate of drug-likeness (QED) is 0.286. The van der Waals surface area contributed by atoms with Gasteiger partial charge in [-0.05, 0) is 37.1 Å². The van der Waals surface area contributed by atoms with E-state index < -0.39 is 16.1 Å². The molecule has 0 atom stereocenters. The van der Waals surface area contributed by atoms with Gasteiger partial charge in [-0.1, -0.05) is 44.9 Å². The van der Waals surface area contributed by atoms with Gasteiger partial charge in [0.05, 0.1) is 11.5 Å². The minimum absolute atomic E-state index is 0. The van der Waals surface area contributed by atoms with Crippen LogP contribution in [-0.4, -0.2) is 30.7 Å². The summed E-state index contributed by atoms with van der Waals surface area (Å²) in [5.74, 6) is -0.151. The van der Waals surface area contributed by atoms with Crippen LogP contribution in [0.1, 0.15) is 64.2 Å². The third-order valence-corrected chi connectivity index (χ3v) is 4.77. The van der Waals surface area contributed by atoms with Crippen molar-refractivity contribution in [2.75, 3.05) is 6.61 Å². The summed E-state index contributed by atoms with van der Waals surface area (Å²) >= 11 is 0. The summed E-state index contributed by atoms with van der Waals surface area (Å²) in [4.78, 5) is 10.1. The fourth-order valence-corrected chi connectivity index (χ4v) is 2.98. The van der Waals surface area contributed by atoms with E-state index in [1.165, 1.54) is 37.1 Å². The third-order valence-electron chi connectivity index (χ3n) is 3.92. The third kappa shape index (κ3) is 12.7. The van der Waals surface area contributed by atoms with Gasteiger partial charge < -0.3 is 14.4 Å². The Morgan fingerprint density at radius 1 is 0.885 bits per heavy atom. The van der Waals surface area contributed by atoms with Gasteiger partial charge in [0.25, 0.3) is 0 Å². The zero-order valence-corrected chi connectivity index (χ0v) is 18.3. The zero-order chi connectivity index (χ0) is 18.5. The number of benzene rings is 1. The van der Waals surface area contributed by atoms with Gasteiger partial charge in [0.15, 0.2) is 0 Å². The standard InChI is InChI=1S/C18H28O6S.Na/c19-18(20)10-8-6-4-2-1-3-5-7-9-15-24-16-11-13-17(14-12-16)25(21,22)23;/h11-14H,1-10,15H2,(H,19,20)(H,21,22,23);/q;+1/p-1. The van der Waals surface area contributed by atoms with Crippen LogP contribution in [0.2, 0.25) is 0 Å². The van der Waals surface area contributed by atoms with E-state index in [0.29, 0.717) is 12.4 Å². The van der Waals surface area contributed by atoms with Crippen molar-refractivity contribution in [3.05, 3.63) is 24.3 Å². The van der Waals surface area contributed by atoms with E-state index in [1.807, 2.05) is 0 Å². The van der Waals surface area contributed by atoms with Gasteiger partial charge in [-0.3, -0.25) is 4.79 Å². The van der Waals surface area contributed by atoms with Gasteiger partial charge in [-0.15, -0.1) is 0 Å². The van der Waals surface area contributed by atoms with Crippen LogP contribution in [0.4, 0.5) is 0 Å². The summed E-state index contributed by atoms with van der Waals surface area (Å²) in [6.45, 7) is 0.568. The van der Waals surface area contributed by atoms with Crippen LogP contribution in [0.15, 0.2) is 29.2 Å². The van der Waals surface area contributed by atoms with Crippen molar-refractivity contribution in [2.45, 2.75) is 69.1 Å².